The van der Waals surface area contributed by atoms with Crippen molar-refractivity contribution in [2.45, 2.75) is 19.4 Å². The zero-order valence-corrected chi connectivity index (χ0v) is 12.9. The second-order valence-corrected chi connectivity index (χ2v) is 5.60. The lowest BCUT2D eigenvalue weighted by Crippen LogP contribution is -2.09. The van der Waals surface area contributed by atoms with Gasteiger partial charge in [-0.15, -0.1) is 0 Å². The van der Waals surface area contributed by atoms with Gasteiger partial charge in [-0.25, -0.2) is 9.37 Å². The molecule has 0 aliphatic carbocycles. The molecule has 0 bridgehead atoms. The molecular weight excluding hydrogens is 301 g/mol. The third-order valence-electron chi connectivity index (χ3n) is 3.72. The Morgan fingerprint density at radius 2 is 1.95 bits per heavy atom. The minimum atomic E-state index is -0.296. The Hall–Kier alpha value is -1.91. The van der Waals surface area contributed by atoms with Gasteiger partial charge in [0.1, 0.15) is 11.6 Å². The van der Waals surface area contributed by atoms with Gasteiger partial charge in [0.25, 0.3) is 0 Å². The molecule has 0 atom stereocenters. The molecule has 0 spiro atoms. The predicted molar refractivity (Wildman–Crippen MR) is 87.6 cm³/mol. The molecule has 2 N–H and O–H groups in total. The first-order valence-corrected chi connectivity index (χ1v) is 7.65. The van der Waals surface area contributed by atoms with Gasteiger partial charge in [0.05, 0.1) is 17.6 Å². The van der Waals surface area contributed by atoms with E-state index >= 15 is 0 Å². The van der Waals surface area contributed by atoms with Gasteiger partial charge in [-0.05, 0) is 37.2 Å². The number of benzene rings is 2. The molecule has 3 aromatic rings. The molecule has 3 rings (SSSR count). The summed E-state index contributed by atoms with van der Waals surface area (Å²) in [5, 5.41) is 0.433. The quantitative estimate of drug-likeness (QED) is 0.778. The number of halogens is 2. The van der Waals surface area contributed by atoms with Crippen molar-refractivity contribution >= 4 is 22.6 Å². The van der Waals surface area contributed by atoms with Crippen LogP contribution >= 0.6 is 11.6 Å². The number of rotatable bonds is 5. The Kier molecular flexibility index (Phi) is 4.41. The van der Waals surface area contributed by atoms with Gasteiger partial charge in [-0.2, -0.15) is 0 Å². The van der Waals surface area contributed by atoms with Gasteiger partial charge in [-0.1, -0.05) is 29.8 Å². The van der Waals surface area contributed by atoms with Crippen LogP contribution in [0.25, 0.3) is 11.0 Å². The van der Waals surface area contributed by atoms with E-state index in [2.05, 4.69) is 4.98 Å². The summed E-state index contributed by atoms with van der Waals surface area (Å²) >= 11 is 6.16. The zero-order chi connectivity index (χ0) is 15.5. The van der Waals surface area contributed by atoms with Crippen LogP contribution in [-0.4, -0.2) is 16.1 Å². The topological polar surface area (TPSA) is 43.8 Å². The van der Waals surface area contributed by atoms with E-state index in [1.54, 1.807) is 12.1 Å². The van der Waals surface area contributed by atoms with Crippen molar-refractivity contribution in [3.05, 3.63) is 64.7 Å². The summed E-state index contributed by atoms with van der Waals surface area (Å²) in [6.45, 7) is 0.968. The number of para-hydroxylation sites is 2. The zero-order valence-electron chi connectivity index (χ0n) is 12.1. The third-order valence-corrected chi connectivity index (χ3v) is 4.07. The molecule has 114 valence electrons. The van der Waals surface area contributed by atoms with E-state index in [0.717, 1.165) is 29.7 Å². The highest BCUT2D eigenvalue weighted by atomic mass is 35.5. The maximum Gasteiger partial charge on any atom is 0.129 e. The first kappa shape index (κ1) is 15.0. The Labute approximate surface area is 133 Å². The second-order valence-electron chi connectivity index (χ2n) is 5.20. The Morgan fingerprint density at radius 1 is 1.14 bits per heavy atom. The first-order chi connectivity index (χ1) is 10.7. The van der Waals surface area contributed by atoms with E-state index in [1.807, 2.05) is 28.8 Å². The van der Waals surface area contributed by atoms with Crippen LogP contribution in [0.5, 0.6) is 0 Å². The molecule has 0 amide bonds. The SMILES string of the molecule is NCCCc1nc2ccccc2n1Cc1c(F)cccc1Cl. The van der Waals surface area contributed by atoms with E-state index < -0.39 is 0 Å². The van der Waals surface area contributed by atoms with E-state index in [4.69, 9.17) is 17.3 Å². The van der Waals surface area contributed by atoms with Crippen molar-refractivity contribution < 1.29 is 4.39 Å². The lowest BCUT2D eigenvalue weighted by Gasteiger charge is -2.11. The highest BCUT2D eigenvalue weighted by Crippen LogP contribution is 2.24. The fourth-order valence-electron chi connectivity index (χ4n) is 2.59. The highest BCUT2D eigenvalue weighted by Gasteiger charge is 2.14. The molecule has 0 fully saturated rings. The van der Waals surface area contributed by atoms with Crippen molar-refractivity contribution in [1.82, 2.24) is 9.55 Å². The molecule has 3 nitrogen and oxygen atoms in total. The second kappa shape index (κ2) is 6.46. The van der Waals surface area contributed by atoms with Crippen molar-refractivity contribution in [2.24, 2.45) is 5.73 Å². The molecule has 22 heavy (non-hydrogen) atoms. The number of aryl methyl sites for hydroxylation is 1. The predicted octanol–water partition coefficient (Wildman–Crippen LogP) is 3.77. The first-order valence-electron chi connectivity index (χ1n) is 7.28. The number of nitrogens with two attached hydrogens (primary N) is 1. The van der Waals surface area contributed by atoms with E-state index in [0.29, 0.717) is 23.7 Å². The molecular formula is C17H17ClFN3. The number of imidazole rings is 1. The summed E-state index contributed by atoms with van der Waals surface area (Å²) in [4.78, 5) is 4.65. The van der Waals surface area contributed by atoms with Crippen LogP contribution in [0.4, 0.5) is 4.39 Å². The maximum atomic E-state index is 14.1. The fraction of sp³-hybridized carbons (Fsp3) is 0.235. The van der Waals surface area contributed by atoms with Crippen LogP contribution in [0.1, 0.15) is 17.8 Å². The number of hydrogen-bond donors (Lipinski definition) is 1. The largest absolute Gasteiger partial charge is 0.330 e. The number of nitrogens with zero attached hydrogens (tertiary/aromatic N) is 2. The molecule has 1 aromatic heterocycles. The smallest absolute Gasteiger partial charge is 0.129 e. The van der Waals surface area contributed by atoms with Crippen molar-refractivity contribution in [3.63, 3.8) is 0 Å². The molecule has 5 heteroatoms. The summed E-state index contributed by atoms with van der Waals surface area (Å²) in [6, 6.07) is 12.6. The molecule has 1 heterocycles. The molecule has 0 saturated carbocycles. The van der Waals surface area contributed by atoms with Gasteiger partial charge >= 0.3 is 0 Å². The average Bonchev–Trinajstić information content (AvgIpc) is 2.86. The summed E-state index contributed by atoms with van der Waals surface area (Å²) in [6.07, 6.45) is 1.60. The van der Waals surface area contributed by atoms with Crippen molar-refractivity contribution in [1.29, 1.82) is 0 Å². The average molecular weight is 318 g/mol. The Balaban J connectivity index is 2.08. The van der Waals surface area contributed by atoms with E-state index in [-0.39, 0.29) is 5.82 Å². The Morgan fingerprint density at radius 3 is 2.73 bits per heavy atom. The van der Waals surface area contributed by atoms with E-state index in [1.165, 1.54) is 6.07 Å². The van der Waals surface area contributed by atoms with Crippen LogP contribution in [0.15, 0.2) is 42.5 Å². The van der Waals surface area contributed by atoms with Crippen LogP contribution in [-0.2, 0) is 13.0 Å². The lowest BCUT2D eigenvalue weighted by atomic mass is 10.2. The van der Waals surface area contributed by atoms with Gasteiger partial charge in [0, 0.05) is 17.0 Å². The summed E-state index contributed by atoms with van der Waals surface area (Å²) < 4.78 is 16.1. The maximum absolute atomic E-state index is 14.1. The molecule has 2 aromatic carbocycles. The summed E-state index contributed by atoms with van der Waals surface area (Å²) in [5.74, 6) is 0.612. The lowest BCUT2D eigenvalue weighted by molar-refractivity contribution is 0.595. The van der Waals surface area contributed by atoms with Crippen LogP contribution < -0.4 is 5.73 Å². The van der Waals surface area contributed by atoms with Crippen molar-refractivity contribution in [3.8, 4) is 0 Å². The summed E-state index contributed by atoms with van der Waals surface area (Å²) in [7, 11) is 0. The molecule has 0 saturated heterocycles. The minimum absolute atomic E-state index is 0.296. The standard InChI is InChI=1S/C17H17ClFN3/c18-13-5-3-6-14(19)12(13)11-22-16-8-2-1-7-15(16)21-17(22)9-4-10-20/h1-3,5-8H,4,9-11,20H2. The fourth-order valence-corrected chi connectivity index (χ4v) is 2.82. The Bertz CT molecular complexity index is 777. The van der Waals surface area contributed by atoms with Gasteiger partial charge in [0.2, 0.25) is 0 Å². The number of hydrogen-bond acceptors (Lipinski definition) is 2. The van der Waals surface area contributed by atoms with Gasteiger partial charge in [0.15, 0.2) is 0 Å². The monoisotopic (exact) mass is 317 g/mol. The number of fused-ring (bicyclic) bond motifs is 1. The molecule has 0 aliphatic rings. The van der Waals surface area contributed by atoms with Gasteiger partial charge in [-0.3, -0.25) is 0 Å². The van der Waals surface area contributed by atoms with Crippen molar-refractivity contribution in [2.75, 3.05) is 6.54 Å². The normalized spacial score (nSPS) is 11.2. The molecule has 0 unspecified atom stereocenters. The molecule has 0 radical (unpaired) electrons. The van der Waals surface area contributed by atoms with Gasteiger partial charge < -0.3 is 10.3 Å². The van der Waals surface area contributed by atoms with Crippen LogP contribution in [0.3, 0.4) is 0 Å². The minimum Gasteiger partial charge on any atom is -0.330 e. The highest BCUT2D eigenvalue weighted by molar-refractivity contribution is 6.31. The molecule has 0 aliphatic heterocycles. The number of aromatic nitrogens is 2. The third kappa shape index (κ3) is 2.85. The van der Waals surface area contributed by atoms with Crippen LogP contribution in [0, 0.1) is 5.82 Å². The van der Waals surface area contributed by atoms with Crippen LogP contribution in [0.2, 0.25) is 5.02 Å². The van der Waals surface area contributed by atoms with E-state index in [9.17, 15) is 4.39 Å². The summed E-state index contributed by atoms with van der Waals surface area (Å²) in [5.41, 5.74) is 7.98.